The highest BCUT2D eigenvalue weighted by atomic mass is 35.5. The summed E-state index contributed by atoms with van der Waals surface area (Å²) in [6.07, 6.45) is 0. The van der Waals surface area contributed by atoms with Gasteiger partial charge in [0, 0.05) is 11.0 Å². The molecule has 0 aromatic rings. The van der Waals surface area contributed by atoms with Gasteiger partial charge in [-0.1, -0.05) is 0 Å². The quantitative estimate of drug-likeness (QED) is 0.374. The lowest BCUT2D eigenvalue weighted by Crippen LogP contribution is -2.07. The van der Waals surface area contributed by atoms with Crippen LogP contribution in [0.3, 0.4) is 0 Å². The van der Waals surface area contributed by atoms with Crippen molar-refractivity contribution in [3.05, 3.63) is 0 Å². The maximum atomic E-state index is 5.38. The molecule has 0 unspecified atom stereocenters. The van der Waals surface area contributed by atoms with Gasteiger partial charge in [0.05, 0.1) is 5.88 Å². The standard InChI is InChI=1S/C5H7ClOS2/c6-1-5(8)7-2-4-3-9-4/h4H,1-3H2/t4-/m0/s1. The Morgan fingerprint density at radius 3 is 3.00 bits per heavy atom. The molecule has 1 rings (SSSR count). The average molecular weight is 183 g/mol. The normalized spacial score (nSPS) is 23.4. The van der Waals surface area contributed by atoms with Crippen LogP contribution in [-0.2, 0) is 4.74 Å². The van der Waals surface area contributed by atoms with Crippen molar-refractivity contribution in [1.82, 2.24) is 0 Å². The molecule has 0 radical (unpaired) electrons. The molecule has 4 heteroatoms. The molecule has 0 aromatic heterocycles. The number of ether oxygens (including phenoxy) is 1. The molecule has 0 bridgehead atoms. The van der Waals surface area contributed by atoms with Gasteiger partial charge in [0.25, 0.3) is 0 Å². The van der Waals surface area contributed by atoms with Crippen LogP contribution in [0.5, 0.6) is 0 Å². The summed E-state index contributed by atoms with van der Waals surface area (Å²) < 4.78 is 5.09. The number of rotatable bonds is 3. The zero-order valence-electron chi connectivity index (χ0n) is 4.80. The molecule has 1 atom stereocenters. The molecule has 0 spiro atoms. The minimum Gasteiger partial charge on any atom is -0.485 e. The molecule has 0 N–H and O–H groups in total. The first-order valence-electron chi connectivity index (χ1n) is 2.66. The Bertz CT molecular complexity index is 114. The number of halogens is 1. The van der Waals surface area contributed by atoms with E-state index in [1.807, 2.05) is 11.8 Å². The monoisotopic (exact) mass is 182 g/mol. The lowest BCUT2D eigenvalue weighted by atomic mass is 10.5. The smallest absolute Gasteiger partial charge is 0.174 e. The highest BCUT2D eigenvalue weighted by Crippen LogP contribution is 2.29. The van der Waals surface area contributed by atoms with E-state index >= 15 is 0 Å². The number of hydrogen-bond donors (Lipinski definition) is 0. The van der Waals surface area contributed by atoms with Gasteiger partial charge in [0.2, 0.25) is 0 Å². The molecule has 1 aliphatic heterocycles. The minimum atomic E-state index is 0.340. The van der Waals surface area contributed by atoms with Crippen LogP contribution in [0.2, 0.25) is 0 Å². The van der Waals surface area contributed by atoms with Crippen molar-refractivity contribution in [3.63, 3.8) is 0 Å². The van der Waals surface area contributed by atoms with Crippen molar-refractivity contribution in [1.29, 1.82) is 0 Å². The van der Waals surface area contributed by atoms with Gasteiger partial charge in [-0.2, -0.15) is 11.8 Å². The van der Waals surface area contributed by atoms with Crippen molar-refractivity contribution in [3.8, 4) is 0 Å². The van der Waals surface area contributed by atoms with Crippen molar-refractivity contribution in [2.45, 2.75) is 5.25 Å². The lowest BCUT2D eigenvalue weighted by molar-refractivity contribution is 0.324. The molecule has 1 saturated heterocycles. The van der Waals surface area contributed by atoms with Crippen molar-refractivity contribution in [2.75, 3.05) is 18.2 Å². The first-order valence-corrected chi connectivity index (χ1v) is 4.65. The topological polar surface area (TPSA) is 9.23 Å². The number of thioether (sulfide) groups is 1. The zero-order chi connectivity index (χ0) is 6.69. The van der Waals surface area contributed by atoms with Crippen molar-refractivity contribution >= 4 is 40.6 Å². The van der Waals surface area contributed by atoms with E-state index < -0.39 is 0 Å². The van der Waals surface area contributed by atoms with Crippen LogP contribution in [0.4, 0.5) is 0 Å². The van der Waals surface area contributed by atoms with Gasteiger partial charge >= 0.3 is 0 Å². The second-order valence-electron chi connectivity index (χ2n) is 1.77. The number of thiocarbonyl (C=S) groups is 1. The fourth-order valence-corrected chi connectivity index (χ4v) is 0.931. The van der Waals surface area contributed by atoms with Gasteiger partial charge in [-0.25, -0.2) is 0 Å². The predicted molar refractivity (Wildman–Crippen MR) is 45.5 cm³/mol. The molecule has 1 nitrogen and oxygen atoms in total. The number of alkyl halides is 1. The van der Waals surface area contributed by atoms with E-state index in [0.717, 1.165) is 6.61 Å². The molecule has 1 fully saturated rings. The molecular formula is C5H7ClOS2. The Kier molecular flexibility index (Phi) is 3.09. The Hall–Kier alpha value is 0.530. The molecular weight excluding hydrogens is 176 g/mol. The van der Waals surface area contributed by atoms with E-state index in [4.69, 9.17) is 28.6 Å². The summed E-state index contributed by atoms with van der Waals surface area (Å²) in [6.45, 7) is 0.746. The van der Waals surface area contributed by atoms with Crippen molar-refractivity contribution in [2.24, 2.45) is 0 Å². The van der Waals surface area contributed by atoms with E-state index in [9.17, 15) is 0 Å². The molecule has 0 saturated carbocycles. The van der Waals surface area contributed by atoms with Crippen LogP contribution < -0.4 is 0 Å². The summed E-state index contributed by atoms with van der Waals surface area (Å²) in [5, 5.41) is 1.20. The summed E-state index contributed by atoms with van der Waals surface area (Å²) >= 11 is 12.0. The second kappa shape index (κ2) is 3.64. The predicted octanol–water partition coefficient (Wildman–Crippen LogP) is 1.68. The fraction of sp³-hybridized carbons (Fsp3) is 0.800. The molecule has 0 aliphatic carbocycles. The van der Waals surface area contributed by atoms with Gasteiger partial charge in [-0.15, -0.1) is 11.6 Å². The third-order valence-electron chi connectivity index (χ3n) is 0.942. The maximum absolute atomic E-state index is 5.38. The SMILES string of the molecule is S=C(CCl)OC[C@H]1CS1. The molecule has 0 aromatic carbocycles. The second-order valence-corrected chi connectivity index (χ2v) is 3.83. The van der Waals surface area contributed by atoms with Crippen LogP contribution >= 0.6 is 35.6 Å². The molecule has 1 heterocycles. The summed E-state index contributed by atoms with van der Waals surface area (Å²) in [4.78, 5) is 0. The van der Waals surface area contributed by atoms with E-state index in [1.54, 1.807) is 0 Å². The Balaban J connectivity index is 1.96. The maximum Gasteiger partial charge on any atom is 0.174 e. The number of hydrogen-bond acceptors (Lipinski definition) is 3. The Morgan fingerprint density at radius 1 is 1.89 bits per heavy atom. The van der Waals surface area contributed by atoms with Crippen LogP contribution in [-0.4, -0.2) is 28.5 Å². The first kappa shape index (κ1) is 7.63. The van der Waals surface area contributed by atoms with Crippen LogP contribution in [0.1, 0.15) is 0 Å². The summed E-state index contributed by atoms with van der Waals surface area (Å²) in [7, 11) is 0. The minimum absolute atomic E-state index is 0.340. The molecule has 9 heavy (non-hydrogen) atoms. The third kappa shape index (κ3) is 3.28. The zero-order valence-corrected chi connectivity index (χ0v) is 7.19. The van der Waals surface area contributed by atoms with E-state index in [0.29, 0.717) is 16.2 Å². The lowest BCUT2D eigenvalue weighted by Gasteiger charge is -2.00. The van der Waals surface area contributed by atoms with Gasteiger partial charge < -0.3 is 4.74 Å². The Morgan fingerprint density at radius 2 is 2.56 bits per heavy atom. The molecule has 1 aliphatic rings. The highest BCUT2D eigenvalue weighted by molar-refractivity contribution is 8.06. The molecule has 0 amide bonds. The molecule has 52 valence electrons. The summed E-state index contributed by atoms with van der Waals surface area (Å²) in [6, 6.07) is 0. The van der Waals surface area contributed by atoms with Crippen molar-refractivity contribution < 1.29 is 4.74 Å². The third-order valence-corrected chi connectivity index (χ3v) is 2.55. The van der Waals surface area contributed by atoms with Crippen LogP contribution in [0.15, 0.2) is 0 Å². The van der Waals surface area contributed by atoms with E-state index in [-0.39, 0.29) is 0 Å². The van der Waals surface area contributed by atoms with Gasteiger partial charge in [0.1, 0.15) is 6.61 Å². The fourth-order valence-electron chi connectivity index (χ4n) is 0.389. The van der Waals surface area contributed by atoms with E-state index in [2.05, 4.69) is 0 Å². The van der Waals surface area contributed by atoms with Crippen LogP contribution in [0.25, 0.3) is 0 Å². The first-order chi connectivity index (χ1) is 4.33. The van der Waals surface area contributed by atoms with Gasteiger partial charge in [-0.3, -0.25) is 0 Å². The average Bonchev–Trinajstić information content (AvgIpc) is 2.65. The highest BCUT2D eigenvalue weighted by Gasteiger charge is 2.23. The van der Waals surface area contributed by atoms with Crippen LogP contribution in [0, 0.1) is 0 Å². The van der Waals surface area contributed by atoms with Gasteiger partial charge in [-0.05, 0) is 12.2 Å². The van der Waals surface area contributed by atoms with E-state index in [1.165, 1.54) is 5.75 Å². The largest absolute Gasteiger partial charge is 0.485 e. The van der Waals surface area contributed by atoms with Gasteiger partial charge in [0.15, 0.2) is 5.05 Å². The Labute approximate surface area is 69.1 Å². The summed E-state index contributed by atoms with van der Waals surface area (Å²) in [5.41, 5.74) is 0. The summed E-state index contributed by atoms with van der Waals surface area (Å²) in [5.74, 6) is 1.55.